The lowest BCUT2D eigenvalue weighted by Crippen LogP contribution is -2.28. The highest BCUT2D eigenvalue weighted by molar-refractivity contribution is 7.22. The number of likely N-dealkylation sites (tertiary alicyclic amines) is 1. The second kappa shape index (κ2) is 6.87. The summed E-state index contributed by atoms with van der Waals surface area (Å²) < 4.78 is 1.16. The Kier molecular flexibility index (Phi) is 4.45. The van der Waals surface area contributed by atoms with Crippen LogP contribution in [0.15, 0.2) is 48.7 Å². The second-order valence-electron chi connectivity index (χ2n) is 6.58. The maximum Gasteiger partial charge on any atom is 0.187 e. The van der Waals surface area contributed by atoms with Gasteiger partial charge in [0, 0.05) is 32.9 Å². The Morgan fingerprint density at radius 1 is 1.21 bits per heavy atom. The molecule has 124 valence electrons. The van der Waals surface area contributed by atoms with E-state index in [4.69, 9.17) is 0 Å². The lowest BCUT2D eigenvalue weighted by atomic mass is 10.1. The van der Waals surface area contributed by atoms with Gasteiger partial charge < -0.3 is 4.90 Å². The maximum absolute atomic E-state index is 4.66. The van der Waals surface area contributed by atoms with Gasteiger partial charge in [-0.1, -0.05) is 41.7 Å². The first kappa shape index (κ1) is 15.5. The number of rotatable bonds is 5. The predicted octanol–water partition coefficient (Wildman–Crippen LogP) is 3.65. The van der Waals surface area contributed by atoms with Gasteiger partial charge in [-0.3, -0.25) is 4.90 Å². The van der Waals surface area contributed by atoms with Gasteiger partial charge >= 0.3 is 0 Å². The molecule has 4 rings (SSSR count). The van der Waals surface area contributed by atoms with Crippen molar-refractivity contribution in [2.75, 3.05) is 31.6 Å². The maximum atomic E-state index is 4.66. The van der Waals surface area contributed by atoms with Crippen molar-refractivity contribution < 1.29 is 0 Å². The Morgan fingerprint density at radius 2 is 2.08 bits per heavy atom. The van der Waals surface area contributed by atoms with Gasteiger partial charge in [0.1, 0.15) is 0 Å². The summed E-state index contributed by atoms with van der Waals surface area (Å²) in [6.07, 6.45) is 3.07. The Bertz CT molecular complexity index is 768. The van der Waals surface area contributed by atoms with Crippen LogP contribution in [0.4, 0.5) is 5.13 Å². The van der Waals surface area contributed by atoms with Crippen LogP contribution in [-0.2, 0) is 6.54 Å². The van der Waals surface area contributed by atoms with Gasteiger partial charge in [-0.2, -0.15) is 4.98 Å². The topological polar surface area (TPSA) is 32.3 Å². The fourth-order valence-electron chi connectivity index (χ4n) is 3.43. The van der Waals surface area contributed by atoms with Crippen LogP contribution in [0.5, 0.6) is 0 Å². The van der Waals surface area contributed by atoms with Crippen LogP contribution in [0.2, 0.25) is 0 Å². The van der Waals surface area contributed by atoms with Gasteiger partial charge in [0.25, 0.3) is 0 Å². The molecule has 1 unspecified atom stereocenters. The highest BCUT2D eigenvalue weighted by atomic mass is 32.1. The Morgan fingerprint density at radius 3 is 2.92 bits per heavy atom. The molecular formula is C19H22N4S. The summed E-state index contributed by atoms with van der Waals surface area (Å²) in [4.78, 5) is 13.9. The number of benzene rings is 1. The zero-order valence-electron chi connectivity index (χ0n) is 13.9. The average Bonchev–Trinajstić information content (AvgIpc) is 3.22. The normalized spacial score (nSPS) is 18.3. The summed E-state index contributed by atoms with van der Waals surface area (Å²) in [5, 5.41) is 1.07. The van der Waals surface area contributed by atoms with Crippen molar-refractivity contribution in [3.05, 3.63) is 54.2 Å². The van der Waals surface area contributed by atoms with Crippen LogP contribution in [0.1, 0.15) is 12.0 Å². The molecule has 1 aromatic carbocycles. The van der Waals surface area contributed by atoms with Crippen molar-refractivity contribution in [3.63, 3.8) is 0 Å². The van der Waals surface area contributed by atoms with E-state index < -0.39 is 0 Å². The van der Waals surface area contributed by atoms with Crippen LogP contribution in [0.25, 0.3) is 10.3 Å². The van der Waals surface area contributed by atoms with Crippen LogP contribution in [0, 0.1) is 5.92 Å². The first-order valence-corrected chi connectivity index (χ1v) is 9.28. The minimum absolute atomic E-state index is 0.707. The molecule has 3 aromatic rings. The zero-order valence-corrected chi connectivity index (χ0v) is 14.7. The molecule has 0 bridgehead atoms. The molecule has 0 radical (unpaired) electrons. The number of nitrogens with zero attached hydrogens (tertiary/aromatic N) is 4. The standard InChI is InChI=1S/C19H22N4S/c1-22(19-21-18-17(24-19)8-5-10-20-18)12-16-9-11-23(14-16)13-15-6-3-2-4-7-15/h2-8,10,16H,9,11-14H2,1H3. The molecule has 4 nitrogen and oxygen atoms in total. The molecule has 5 heteroatoms. The molecule has 24 heavy (non-hydrogen) atoms. The quantitative estimate of drug-likeness (QED) is 0.711. The number of hydrogen-bond acceptors (Lipinski definition) is 5. The van der Waals surface area contributed by atoms with E-state index >= 15 is 0 Å². The van der Waals surface area contributed by atoms with Crippen LogP contribution in [0.3, 0.4) is 0 Å². The molecular weight excluding hydrogens is 316 g/mol. The van der Waals surface area contributed by atoms with Crippen molar-refractivity contribution in [1.82, 2.24) is 14.9 Å². The molecule has 3 heterocycles. The first-order chi connectivity index (χ1) is 11.8. The van der Waals surface area contributed by atoms with E-state index in [9.17, 15) is 0 Å². The van der Waals surface area contributed by atoms with Crippen LogP contribution < -0.4 is 4.90 Å². The second-order valence-corrected chi connectivity index (χ2v) is 7.59. The predicted molar refractivity (Wildman–Crippen MR) is 101 cm³/mol. The lowest BCUT2D eigenvalue weighted by molar-refractivity contribution is 0.317. The van der Waals surface area contributed by atoms with Crippen LogP contribution in [-0.4, -0.2) is 41.5 Å². The van der Waals surface area contributed by atoms with Crippen molar-refractivity contribution in [2.45, 2.75) is 13.0 Å². The van der Waals surface area contributed by atoms with E-state index in [0.717, 1.165) is 28.6 Å². The molecule has 0 spiro atoms. The molecule has 0 saturated carbocycles. The fourth-order valence-corrected chi connectivity index (χ4v) is 4.33. The summed E-state index contributed by atoms with van der Waals surface area (Å²) in [6.45, 7) is 4.48. The molecule has 2 aromatic heterocycles. The van der Waals surface area contributed by atoms with Crippen molar-refractivity contribution in [2.24, 2.45) is 5.92 Å². The molecule has 0 amide bonds. The summed E-state index contributed by atoms with van der Waals surface area (Å²) in [7, 11) is 2.15. The lowest BCUT2D eigenvalue weighted by Gasteiger charge is -2.21. The van der Waals surface area contributed by atoms with Crippen molar-refractivity contribution in [1.29, 1.82) is 0 Å². The van der Waals surface area contributed by atoms with E-state index in [1.165, 1.54) is 25.1 Å². The first-order valence-electron chi connectivity index (χ1n) is 8.47. The van der Waals surface area contributed by atoms with E-state index in [2.05, 4.69) is 63.2 Å². The van der Waals surface area contributed by atoms with E-state index in [1.54, 1.807) is 11.3 Å². The molecule has 1 saturated heterocycles. The largest absolute Gasteiger partial charge is 0.351 e. The zero-order chi connectivity index (χ0) is 16.4. The van der Waals surface area contributed by atoms with E-state index in [-0.39, 0.29) is 0 Å². The van der Waals surface area contributed by atoms with Crippen molar-refractivity contribution in [3.8, 4) is 0 Å². The Balaban J connectivity index is 1.35. The number of pyridine rings is 1. The van der Waals surface area contributed by atoms with Gasteiger partial charge in [-0.05, 0) is 36.6 Å². The van der Waals surface area contributed by atoms with Gasteiger partial charge in [0.05, 0.1) is 4.70 Å². The number of anilines is 1. The smallest absolute Gasteiger partial charge is 0.187 e. The molecule has 1 aliphatic rings. The minimum atomic E-state index is 0.707. The highest BCUT2D eigenvalue weighted by Gasteiger charge is 2.24. The molecule has 0 N–H and O–H groups in total. The molecule has 0 aliphatic carbocycles. The number of thiazole rings is 1. The number of aromatic nitrogens is 2. The monoisotopic (exact) mass is 338 g/mol. The average molecular weight is 338 g/mol. The third-order valence-electron chi connectivity index (χ3n) is 4.63. The SMILES string of the molecule is CN(CC1CCN(Cc2ccccc2)C1)c1nc2ncccc2s1. The number of hydrogen-bond donors (Lipinski definition) is 0. The summed E-state index contributed by atoms with van der Waals surface area (Å²) in [5.41, 5.74) is 2.27. The Labute approximate surface area is 146 Å². The van der Waals surface area contributed by atoms with Gasteiger partial charge in [-0.15, -0.1) is 0 Å². The number of fused-ring (bicyclic) bond motifs is 1. The summed E-state index contributed by atoms with van der Waals surface area (Å²) >= 11 is 1.73. The summed E-state index contributed by atoms with van der Waals surface area (Å²) in [5.74, 6) is 0.707. The Hall–Kier alpha value is -1.98. The van der Waals surface area contributed by atoms with Crippen LogP contribution >= 0.6 is 11.3 Å². The van der Waals surface area contributed by atoms with E-state index in [0.29, 0.717) is 5.92 Å². The minimum Gasteiger partial charge on any atom is -0.351 e. The van der Waals surface area contributed by atoms with Gasteiger partial charge in [-0.25, -0.2) is 4.98 Å². The molecule has 1 aliphatic heterocycles. The fraction of sp³-hybridized carbons (Fsp3) is 0.368. The van der Waals surface area contributed by atoms with Gasteiger partial charge in [0.15, 0.2) is 10.8 Å². The third-order valence-corrected chi connectivity index (χ3v) is 5.76. The van der Waals surface area contributed by atoms with Gasteiger partial charge in [0.2, 0.25) is 0 Å². The highest BCUT2D eigenvalue weighted by Crippen LogP contribution is 2.28. The molecule has 1 atom stereocenters. The van der Waals surface area contributed by atoms with E-state index in [1.807, 2.05) is 12.3 Å². The summed E-state index contributed by atoms with van der Waals surface area (Å²) in [6, 6.07) is 14.8. The molecule has 1 fully saturated rings. The van der Waals surface area contributed by atoms with Crippen molar-refractivity contribution >= 4 is 26.8 Å². The third kappa shape index (κ3) is 3.42.